The highest BCUT2D eigenvalue weighted by Gasteiger charge is 2.00. The van der Waals surface area contributed by atoms with Crippen molar-refractivity contribution in [1.82, 2.24) is 0 Å². The zero-order chi connectivity index (χ0) is 9.14. The number of carbonyl (C=O) groups is 1. The molecule has 0 radical (unpaired) electrons. The van der Waals surface area contributed by atoms with Crippen LogP contribution in [0.2, 0.25) is 5.02 Å². The van der Waals surface area contributed by atoms with Gasteiger partial charge in [-0.15, -0.1) is 0 Å². The zero-order valence-corrected chi connectivity index (χ0v) is 7.35. The van der Waals surface area contributed by atoms with Crippen LogP contribution in [0.3, 0.4) is 0 Å². The average molecular weight is 185 g/mol. The summed E-state index contributed by atoms with van der Waals surface area (Å²) >= 11 is 5.66. The third-order valence-corrected chi connectivity index (χ3v) is 1.56. The molecule has 12 heavy (non-hydrogen) atoms. The molecule has 3 N–H and O–H groups in total. The first-order valence-electron chi connectivity index (χ1n) is 3.42. The maximum atomic E-state index is 10.7. The number of halogens is 1. The molecule has 3 nitrogen and oxygen atoms in total. The van der Waals surface area contributed by atoms with Gasteiger partial charge in [0, 0.05) is 11.9 Å². The number of nitrogen functional groups attached to an aromatic ring is 1. The van der Waals surface area contributed by atoms with Gasteiger partial charge >= 0.3 is 0 Å². The Morgan fingerprint density at radius 2 is 2.25 bits per heavy atom. The topological polar surface area (TPSA) is 55.1 Å². The minimum atomic E-state index is -0.149. The molecule has 4 heteroatoms. The Kier molecular flexibility index (Phi) is 2.55. The van der Waals surface area contributed by atoms with Gasteiger partial charge in [-0.05, 0) is 18.2 Å². The first-order chi connectivity index (χ1) is 5.59. The third kappa shape index (κ3) is 2.13. The number of hydrogen-bond acceptors (Lipinski definition) is 2. The summed E-state index contributed by atoms with van der Waals surface area (Å²) in [6, 6.07) is 4.93. The molecule has 0 bridgehead atoms. The maximum Gasteiger partial charge on any atom is 0.221 e. The van der Waals surface area contributed by atoms with Gasteiger partial charge in [-0.2, -0.15) is 0 Å². The predicted molar refractivity (Wildman–Crippen MR) is 50.2 cm³/mol. The highest BCUT2D eigenvalue weighted by atomic mass is 35.5. The van der Waals surface area contributed by atoms with Crippen LogP contribution in [0, 0.1) is 0 Å². The monoisotopic (exact) mass is 184 g/mol. The van der Waals surface area contributed by atoms with Crippen molar-refractivity contribution in [2.75, 3.05) is 11.1 Å². The van der Waals surface area contributed by atoms with Crippen molar-refractivity contribution < 1.29 is 4.79 Å². The number of nitrogens with two attached hydrogens (primary N) is 1. The molecule has 1 amide bonds. The Labute approximate surface area is 75.5 Å². The van der Waals surface area contributed by atoms with Crippen LogP contribution in [-0.2, 0) is 4.79 Å². The van der Waals surface area contributed by atoms with E-state index in [1.54, 1.807) is 18.2 Å². The van der Waals surface area contributed by atoms with Crippen LogP contribution in [0.25, 0.3) is 0 Å². The summed E-state index contributed by atoms with van der Waals surface area (Å²) in [4.78, 5) is 10.7. The molecule has 0 saturated carbocycles. The van der Waals surface area contributed by atoms with E-state index in [-0.39, 0.29) is 5.91 Å². The van der Waals surface area contributed by atoms with Crippen molar-refractivity contribution >= 4 is 28.9 Å². The molecule has 0 heterocycles. The number of benzene rings is 1. The summed E-state index contributed by atoms with van der Waals surface area (Å²) < 4.78 is 0. The van der Waals surface area contributed by atoms with E-state index in [1.165, 1.54) is 6.92 Å². The van der Waals surface area contributed by atoms with Gasteiger partial charge in [-0.25, -0.2) is 0 Å². The molecule has 0 saturated heterocycles. The lowest BCUT2D eigenvalue weighted by atomic mass is 10.2. The van der Waals surface area contributed by atoms with Gasteiger partial charge in [-0.3, -0.25) is 4.79 Å². The molecular formula is C8H9ClN2O. The Bertz CT molecular complexity index is 312. The second kappa shape index (κ2) is 3.45. The molecular weight excluding hydrogens is 176 g/mol. The largest absolute Gasteiger partial charge is 0.397 e. The minimum absolute atomic E-state index is 0.149. The Hall–Kier alpha value is -1.22. The van der Waals surface area contributed by atoms with Crippen LogP contribution < -0.4 is 11.1 Å². The highest BCUT2D eigenvalue weighted by molar-refractivity contribution is 6.31. The molecule has 1 rings (SSSR count). The average Bonchev–Trinajstić information content (AvgIpc) is 1.94. The van der Waals surface area contributed by atoms with E-state index in [4.69, 9.17) is 17.3 Å². The summed E-state index contributed by atoms with van der Waals surface area (Å²) in [5.41, 5.74) is 6.63. The quantitative estimate of drug-likeness (QED) is 0.655. The van der Waals surface area contributed by atoms with Gasteiger partial charge < -0.3 is 11.1 Å². The Balaban J connectivity index is 2.93. The van der Waals surface area contributed by atoms with E-state index < -0.39 is 0 Å². The number of amides is 1. The van der Waals surface area contributed by atoms with Crippen LogP contribution in [-0.4, -0.2) is 5.91 Å². The molecule has 0 atom stereocenters. The summed E-state index contributed by atoms with van der Waals surface area (Å²) in [7, 11) is 0. The van der Waals surface area contributed by atoms with Crippen LogP contribution in [0.15, 0.2) is 18.2 Å². The molecule has 0 unspecified atom stereocenters. The molecule has 0 aromatic heterocycles. The van der Waals surface area contributed by atoms with E-state index in [2.05, 4.69) is 5.32 Å². The third-order valence-electron chi connectivity index (χ3n) is 1.32. The first kappa shape index (κ1) is 8.87. The zero-order valence-electron chi connectivity index (χ0n) is 6.60. The van der Waals surface area contributed by atoms with E-state index in [0.29, 0.717) is 16.4 Å². The minimum Gasteiger partial charge on any atom is -0.397 e. The van der Waals surface area contributed by atoms with Crippen molar-refractivity contribution in [2.45, 2.75) is 6.92 Å². The number of hydrogen-bond donors (Lipinski definition) is 2. The summed E-state index contributed by atoms with van der Waals surface area (Å²) in [6.45, 7) is 1.42. The fourth-order valence-corrected chi connectivity index (χ4v) is 1.02. The van der Waals surface area contributed by atoms with E-state index in [0.717, 1.165) is 0 Å². The van der Waals surface area contributed by atoms with Gasteiger partial charge in [0.15, 0.2) is 0 Å². The van der Waals surface area contributed by atoms with E-state index >= 15 is 0 Å². The second-order valence-electron chi connectivity index (χ2n) is 2.41. The molecule has 0 aliphatic rings. The SMILES string of the molecule is CC(=O)Nc1ccc(Cl)cc1N. The van der Waals surface area contributed by atoms with E-state index in [9.17, 15) is 4.79 Å². The molecule has 1 aromatic rings. The van der Waals surface area contributed by atoms with Crippen molar-refractivity contribution in [3.8, 4) is 0 Å². The van der Waals surface area contributed by atoms with Gasteiger partial charge in [0.05, 0.1) is 11.4 Å². The highest BCUT2D eigenvalue weighted by Crippen LogP contribution is 2.22. The molecule has 0 aliphatic carbocycles. The van der Waals surface area contributed by atoms with Gasteiger partial charge in [0.1, 0.15) is 0 Å². The summed E-state index contributed by atoms with van der Waals surface area (Å²) in [5.74, 6) is -0.149. The fraction of sp³-hybridized carbons (Fsp3) is 0.125. The number of anilines is 2. The fourth-order valence-electron chi connectivity index (χ4n) is 0.837. The first-order valence-corrected chi connectivity index (χ1v) is 3.80. The van der Waals surface area contributed by atoms with E-state index in [1.807, 2.05) is 0 Å². The Morgan fingerprint density at radius 3 is 2.75 bits per heavy atom. The standard InChI is InChI=1S/C8H9ClN2O/c1-5(12)11-8-3-2-6(9)4-7(8)10/h2-4H,10H2,1H3,(H,11,12). The lowest BCUT2D eigenvalue weighted by molar-refractivity contribution is -0.114. The predicted octanol–water partition coefficient (Wildman–Crippen LogP) is 1.88. The number of nitrogens with one attached hydrogen (secondary N) is 1. The van der Waals surface area contributed by atoms with Crippen molar-refractivity contribution in [3.63, 3.8) is 0 Å². The molecule has 64 valence electrons. The number of carbonyl (C=O) groups excluding carboxylic acids is 1. The summed E-state index contributed by atoms with van der Waals surface area (Å²) in [5, 5.41) is 3.13. The molecule has 1 aromatic carbocycles. The molecule has 0 aliphatic heterocycles. The molecule has 0 spiro atoms. The van der Waals surface area contributed by atoms with Crippen LogP contribution >= 0.6 is 11.6 Å². The Morgan fingerprint density at radius 1 is 1.58 bits per heavy atom. The van der Waals surface area contributed by atoms with Crippen molar-refractivity contribution in [2.24, 2.45) is 0 Å². The maximum absolute atomic E-state index is 10.7. The van der Waals surface area contributed by atoms with Gasteiger partial charge in [-0.1, -0.05) is 11.6 Å². The van der Waals surface area contributed by atoms with Crippen molar-refractivity contribution in [3.05, 3.63) is 23.2 Å². The lowest BCUT2D eigenvalue weighted by Crippen LogP contribution is -2.07. The van der Waals surface area contributed by atoms with Crippen LogP contribution in [0.1, 0.15) is 6.92 Å². The summed E-state index contributed by atoms with van der Waals surface area (Å²) in [6.07, 6.45) is 0. The van der Waals surface area contributed by atoms with Gasteiger partial charge in [0.25, 0.3) is 0 Å². The number of rotatable bonds is 1. The molecule has 0 fully saturated rings. The van der Waals surface area contributed by atoms with Gasteiger partial charge in [0.2, 0.25) is 5.91 Å². The normalized spacial score (nSPS) is 9.50. The van der Waals surface area contributed by atoms with Crippen LogP contribution in [0.4, 0.5) is 11.4 Å². The van der Waals surface area contributed by atoms with Crippen LogP contribution in [0.5, 0.6) is 0 Å². The smallest absolute Gasteiger partial charge is 0.221 e. The lowest BCUT2D eigenvalue weighted by Gasteiger charge is -2.05. The van der Waals surface area contributed by atoms with Crippen molar-refractivity contribution in [1.29, 1.82) is 0 Å². The second-order valence-corrected chi connectivity index (χ2v) is 2.85.